The summed E-state index contributed by atoms with van der Waals surface area (Å²) in [5.41, 5.74) is 7.84. The molecule has 2 rings (SSSR count). The fourth-order valence-corrected chi connectivity index (χ4v) is 1.74. The number of rotatable bonds is 5. The number of aromatic nitrogens is 1. The fourth-order valence-electron chi connectivity index (χ4n) is 1.74. The summed E-state index contributed by atoms with van der Waals surface area (Å²) in [5, 5.41) is 3.04. The maximum absolute atomic E-state index is 5.84. The Morgan fingerprint density at radius 2 is 2.25 bits per heavy atom. The van der Waals surface area contributed by atoms with Gasteiger partial charge in [0.05, 0.1) is 7.11 Å². The smallest absolute Gasteiger partial charge is 0.193 e. The first-order valence-electron chi connectivity index (χ1n) is 6.38. The van der Waals surface area contributed by atoms with Gasteiger partial charge in [0.25, 0.3) is 0 Å². The summed E-state index contributed by atoms with van der Waals surface area (Å²) in [6.45, 7) is 0.620. The Labute approximate surface area is 118 Å². The highest BCUT2D eigenvalue weighted by molar-refractivity contribution is 5.92. The standard InChI is InChI=1S/C15H18N4O/c1-20-14-6-2-5-13(10-14)19-15(16)18-9-7-12-4-3-8-17-11-12/h2-6,8,10-11H,7,9H2,1H3,(H3,16,18,19). The normalized spacial score (nSPS) is 11.2. The van der Waals surface area contributed by atoms with Gasteiger partial charge in [0.2, 0.25) is 0 Å². The number of nitrogens with two attached hydrogens (primary N) is 1. The molecule has 3 N–H and O–H groups in total. The van der Waals surface area contributed by atoms with Crippen molar-refractivity contribution in [2.75, 3.05) is 19.0 Å². The Hall–Kier alpha value is -2.56. The molecule has 104 valence electrons. The fraction of sp³-hybridized carbons (Fsp3) is 0.200. The Balaban J connectivity index is 1.87. The van der Waals surface area contributed by atoms with Crippen LogP contribution in [0.15, 0.2) is 53.8 Å². The third-order valence-electron chi connectivity index (χ3n) is 2.75. The van der Waals surface area contributed by atoms with Crippen molar-refractivity contribution in [1.82, 2.24) is 4.98 Å². The SMILES string of the molecule is COc1cccc(NC(N)=NCCc2cccnc2)c1. The maximum Gasteiger partial charge on any atom is 0.193 e. The lowest BCUT2D eigenvalue weighted by atomic mass is 10.2. The second-order valence-corrected chi connectivity index (χ2v) is 4.24. The number of nitrogens with one attached hydrogen (secondary N) is 1. The summed E-state index contributed by atoms with van der Waals surface area (Å²) >= 11 is 0. The van der Waals surface area contributed by atoms with Gasteiger partial charge < -0.3 is 15.8 Å². The second-order valence-electron chi connectivity index (χ2n) is 4.24. The maximum atomic E-state index is 5.84. The van der Waals surface area contributed by atoms with E-state index in [2.05, 4.69) is 15.3 Å². The molecule has 0 aliphatic carbocycles. The molecule has 1 aromatic carbocycles. The van der Waals surface area contributed by atoms with Gasteiger partial charge >= 0.3 is 0 Å². The molecule has 1 aromatic heterocycles. The average Bonchev–Trinajstić information content (AvgIpc) is 2.48. The molecular formula is C15H18N4O. The van der Waals surface area contributed by atoms with Gasteiger partial charge in [0, 0.05) is 30.7 Å². The molecule has 0 fully saturated rings. The van der Waals surface area contributed by atoms with Gasteiger partial charge in [-0.3, -0.25) is 9.98 Å². The van der Waals surface area contributed by atoms with E-state index in [1.807, 2.05) is 42.6 Å². The number of benzene rings is 1. The average molecular weight is 270 g/mol. The van der Waals surface area contributed by atoms with Crippen molar-refractivity contribution >= 4 is 11.6 Å². The molecule has 0 saturated heterocycles. The molecular weight excluding hydrogens is 252 g/mol. The number of aliphatic imine (C=N–C) groups is 1. The van der Waals surface area contributed by atoms with Crippen LogP contribution in [0.3, 0.4) is 0 Å². The second kappa shape index (κ2) is 7.13. The van der Waals surface area contributed by atoms with Crippen LogP contribution < -0.4 is 15.8 Å². The molecule has 0 spiro atoms. The van der Waals surface area contributed by atoms with Crippen LogP contribution in [0.4, 0.5) is 5.69 Å². The van der Waals surface area contributed by atoms with E-state index in [9.17, 15) is 0 Å². The van der Waals surface area contributed by atoms with Crippen molar-refractivity contribution in [2.24, 2.45) is 10.7 Å². The summed E-state index contributed by atoms with van der Waals surface area (Å²) in [5.74, 6) is 1.17. The van der Waals surface area contributed by atoms with E-state index in [0.717, 1.165) is 23.4 Å². The zero-order valence-corrected chi connectivity index (χ0v) is 11.4. The predicted octanol–water partition coefficient (Wildman–Crippen LogP) is 2.06. The van der Waals surface area contributed by atoms with Gasteiger partial charge in [0.1, 0.15) is 5.75 Å². The Kier molecular flexibility index (Phi) is 4.94. The summed E-state index contributed by atoms with van der Waals surface area (Å²) in [7, 11) is 1.63. The monoisotopic (exact) mass is 270 g/mol. The van der Waals surface area contributed by atoms with E-state index in [0.29, 0.717) is 12.5 Å². The molecule has 20 heavy (non-hydrogen) atoms. The number of anilines is 1. The van der Waals surface area contributed by atoms with E-state index in [-0.39, 0.29) is 0 Å². The van der Waals surface area contributed by atoms with Crippen LogP contribution >= 0.6 is 0 Å². The molecule has 0 aliphatic heterocycles. The number of hydrogen-bond donors (Lipinski definition) is 2. The lowest BCUT2D eigenvalue weighted by molar-refractivity contribution is 0.415. The van der Waals surface area contributed by atoms with Gasteiger partial charge in [-0.25, -0.2) is 0 Å². The molecule has 0 unspecified atom stereocenters. The molecule has 0 aliphatic rings. The highest BCUT2D eigenvalue weighted by Gasteiger charge is 1.97. The van der Waals surface area contributed by atoms with Gasteiger partial charge in [-0.05, 0) is 30.2 Å². The number of methoxy groups -OCH3 is 1. The highest BCUT2D eigenvalue weighted by atomic mass is 16.5. The number of guanidine groups is 1. The molecule has 0 radical (unpaired) electrons. The molecule has 2 aromatic rings. The third-order valence-corrected chi connectivity index (χ3v) is 2.75. The largest absolute Gasteiger partial charge is 0.497 e. The van der Waals surface area contributed by atoms with E-state index in [4.69, 9.17) is 10.5 Å². The van der Waals surface area contributed by atoms with E-state index in [1.54, 1.807) is 13.3 Å². The summed E-state index contributed by atoms with van der Waals surface area (Å²) in [6.07, 6.45) is 4.40. The Bertz CT molecular complexity index is 569. The molecule has 0 atom stereocenters. The van der Waals surface area contributed by atoms with Crippen molar-refractivity contribution in [1.29, 1.82) is 0 Å². The third kappa shape index (κ3) is 4.28. The zero-order chi connectivity index (χ0) is 14.2. The summed E-state index contributed by atoms with van der Waals surface area (Å²) in [4.78, 5) is 8.34. The molecule has 1 heterocycles. The van der Waals surface area contributed by atoms with Crippen LogP contribution in [0.1, 0.15) is 5.56 Å². The summed E-state index contributed by atoms with van der Waals surface area (Å²) in [6, 6.07) is 11.5. The first-order chi connectivity index (χ1) is 9.78. The number of ether oxygens (including phenoxy) is 1. The number of pyridine rings is 1. The number of nitrogens with zero attached hydrogens (tertiary/aromatic N) is 2. The number of hydrogen-bond acceptors (Lipinski definition) is 3. The molecule has 0 bridgehead atoms. The minimum Gasteiger partial charge on any atom is -0.497 e. The van der Waals surface area contributed by atoms with Gasteiger partial charge in [-0.2, -0.15) is 0 Å². The first kappa shape index (κ1) is 13.9. The topological polar surface area (TPSA) is 72.5 Å². The van der Waals surface area contributed by atoms with Crippen LogP contribution in [0.2, 0.25) is 0 Å². The predicted molar refractivity (Wildman–Crippen MR) is 81.0 cm³/mol. The van der Waals surface area contributed by atoms with Crippen LogP contribution in [0.5, 0.6) is 5.75 Å². The molecule has 5 heteroatoms. The van der Waals surface area contributed by atoms with E-state index < -0.39 is 0 Å². The van der Waals surface area contributed by atoms with E-state index in [1.165, 1.54) is 0 Å². The molecule has 0 amide bonds. The molecule has 5 nitrogen and oxygen atoms in total. The lowest BCUT2D eigenvalue weighted by Gasteiger charge is -2.07. The molecule has 0 saturated carbocycles. The quantitative estimate of drug-likeness (QED) is 0.644. The van der Waals surface area contributed by atoms with Crippen molar-refractivity contribution in [3.05, 3.63) is 54.4 Å². The lowest BCUT2D eigenvalue weighted by Crippen LogP contribution is -2.23. The summed E-state index contributed by atoms with van der Waals surface area (Å²) < 4.78 is 5.15. The zero-order valence-electron chi connectivity index (χ0n) is 11.4. The Morgan fingerprint density at radius 3 is 3.00 bits per heavy atom. The van der Waals surface area contributed by atoms with Crippen LogP contribution in [0, 0.1) is 0 Å². The highest BCUT2D eigenvalue weighted by Crippen LogP contribution is 2.16. The minimum absolute atomic E-state index is 0.391. The van der Waals surface area contributed by atoms with Crippen molar-refractivity contribution in [3.8, 4) is 5.75 Å². The van der Waals surface area contributed by atoms with Crippen LogP contribution in [-0.4, -0.2) is 24.6 Å². The van der Waals surface area contributed by atoms with Crippen molar-refractivity contribution in [2.45, 2.75) is 6.42 Å². The van der Waals surface area contributed by atoms with Gasteiger partial charge in [-0.1, -0.05) is 12.1 Å². The van der Waals surface area contributed by atoms with Crippen LogP contribution in [-0.2, 0) is 6.42 Å². The minimum atomic E-state index is 0.391. The van der Waals surface area contributed by atoms with Gasteiger partial charge in [-0.15, -0.1) is 0 Å². The first-order valence-corrected chi connectivity index (χ1v) is 6.38. The Morgan fingerprint density at radius 1 is 1.35 bits per heavy atom. The van der Waals surface area contributed by atoms with Crippen molar-refractivity contribution < 1.29 is 4.74 Å². The van der Waals surface area contributed by atoms with Gasteiger partial charge in [0.15, 0.2) is 5.96 Å². The van der Waals surface area contributed by atoms with Crippen LogP contribution in [0.25, 0.3) is 0 Å². The van der Waals surface area contributed by atoms with Crippen molar-refractivity contribution in [3.63, 3.8) is 0 Å². The van der Waals surface area contributed by atoms with E-state index >= 15 is 0 Å².